The van der Waals surface area contributed by atoms with E-state index < -0.39 is 25.9 Å². The van der Waals surface area contributed by atoms with Gasteiger partial charge in [-0.1, -0.05) is 31.2 Å². The van der Waals surface area contributed by atoms with Crippen molar-refractivity contribution in [2.75, 3.05) is 58.2 Å². The predicted octanol–water partition coefficient (Wildman–Crippen LogP) is 5.64. The van der Waals surface area contributed by atoms with E-state index >= 15 is 0 Å². The minimum absolute atomic E-state index is 0.00705. The zero-order chi connectivity index (χ0) is 40.5. The molecule has 5 heterocycles. The van der Waals surface area contributed by atoms with E-state index in [1.54, 1.807) is 18.0 Å². The molecule has 2 aliphatic rings. The Balaban J connectivity index is 1.11. The van der Waals surface area contributed by atoms with Crippen LogP contribution in [0.15, 0.2) is 36.8 Å². The lowest BCUT2D eigenvalue weighted by molar-refractivity contribution is -0.141. The van der Waals surface area contributed by atoms with Crippen LogP contribution in [-0.2, 0) is 29.5 Å². The Bertz CT molecular complexity index is 2080. The fourth-order valence-corrected chi connectivity index (χ4v) is 7.88. The standard InChI is InChI=1S/C37H48ClF3N10O4Si/c1-24-21-50(23-55-17-18-56(4,5)6)45-32(24)51-22-28(31(44-51)37(39,40)41)30-20-42-33(47(30)3)34(52)43-26-7-8-27(29(38)19-26)36(54)49-15-13-48(14-16-49)35(53)25-9-11-46(2)12-10-25/h7-8,19-22,25H,9-18,23H2,1-6H3,(H,43,52). The molecule has 0 bridgehead atoms. The van der Waals surface area contributed by atoms with E-state index in [2.05, 4.69) is 52.1 Å². The normalized spacial score (nSPS) is 16.1. The number of piperazine rings is 1. The second-order valence-electron chi connectivity index (χ2n) is 15.7. The number of carbonyl (C=O) groups is 3. The van der Waals surface area contributed by atoms with Crippen LogP contribution >= 0.6 is 11.6 Å². The number of benzene rings is 1. The minimum atomic E-state index is -4.82. The van der Waals surface area contributed by atoms with Crippen LogP contribution in [0.3, 0.4) is 0 Å². The van der Waals surface area contributed by atoms with E-state index in [0.717, 1.165) is 36.7 Å². The molecule has 2 aliphatic heterocycles. The quantitative estimate of drug-likeness (QED) is 0.152. The number of piperidine rings is 1. The average Bonchev–Trinajstić information content (AvgIpc) is 3.85. The Kier molecular flexibility index (Phi) is 12.1. The number of halogens is 4. The van der Waals surface area contributed by atoms with E-state index in [0.29, 0.717) is 38.3 Å². The number of alkyl halides is 3. The molecule has 1 N–H and O–H groups in total. The molecule has 302 valence electrons. The van der Waals surface area contributed by atoms with Crippen molar-refractivity contribution in [1.29, 1.82) is 0 Å². The lowest BCUT2D eigenvalue weighted by Crippen LogP contribution is -2.52. The van der Waals surface area contributed by atoms with Crippen LogP contribution in [0, 0.1) is 12.8 Å². The Hall–Kier alpha value is -4.52. The summed E-state index contributed by atoms with van der Waals surface area (Å²) >= 11 is 6.54. The summed E-state index contributed by atoms with van der Waals surface area (Å²) < 4.78 is 52.6. The highest BCUT2D eigenvalue weighted by Crippen LogP contribution is 2.37. The summed E-state index contributed by atoms with van der Waals surface area (Å²) in [5.41, 5.74) is -0.350. The van der Waals surface area contributed by atoms with Gasteiger partial charge in [-0.3, -0.25) is 14.4 Å². The van der Waals surface area contributed by atoms with Gasteiger partial charge in [-0.05, 0) is 64.1 Å². The second kappa shape index (κ2) is 16.5. The Morgan fingerprint density at radius 1 is 0.982 bits per heavy atom. The van der Waals surface area contributed by atoms with Crippen LogP contribution in [0.4, 0.5) is 18.9 Å². The maximum Gasteiger partial charge on any atom is 0.435 e. The molecular formula is C37H48ClF3N10O4Si. The summed E-state index contributed by atoms with van der Waals surface area (Å²) in [4.78, 5) is 49.7. The number of rotatable bonds is 11. The highest BCUT2D eigenvalue weighted by molar-refractivity contribution is 6.76. The molecule has 14 nitrogen and oxygen atoms in total. The van der Waals surface area contributed by atoms with Gasteiger partial charge in [0.25, 0.3) is 11.8 Å². The van der Waals surface area contributed by atoms with Gasteiger partial charge >= 0.3 is 6.18 Å². The third-order valence-electron chi connectivity index (χ3n) is 10.2. The maximum absolute atomic E-state index is 14.3. The van der Waals surface area contributed by atoms with E-state index in [1.165, 1.54) is 46.9 Å². The number of hydrogen-bond donors (Lipinski definition) is 1. The number of imidazole rings is 1. The van der Waals surface area contributed by atoms with Crippen LogP contribution in [0.1, 0.15) is 45.1 Å². The van der Waals surface area contributed by atoms with Gasteiger partial charge in [-0.25, -0.2) is 14.3 Å². The highest BCUT2D eigenvalue weighted by atomic mass is 35.5. The zero-order valence-electron chi connectivity index (χ0n) is 32.5. The summed E-state index contributed by atoms with van der Waals surface area (Å²) in [5.74, 6) is -0.798. The number of amides is 3. The van der Waals surface area contributed by atoms with Gasteiger partial charge in [0.1, 0.15) is 6.73 Å². The molecular weight excluding hydrogens is 769 g/mol. The fraction of sp³-hybridized carbons (Fsp3) is 0.514. The van der Waals surface area contributed by atoms with E-state index in [-0.39, 0.29) is 63.6 Å². The lowest BCUT2D eigenvalue weighted by atomic mass is 9.95. The maximum atomic E-state index is 14.3. The molecule has 0 radical (unpaired) electrons. The molecule has 0 unspecified atom stereocenters. The first-order valence-electron chi connectivity index (χ1n) is 18.6. The van der Waals surface area contributed by atoms with Crippen LogP contribution in [0.5, 0.6) is 0 Å². The molecule has 3 amide bonds. The lowest BCUT2D eigenvalue weighted by Gasteiger charge is -2.38. The molecule has 2 fully saturated rings. The van der Waals surface area contributed by atoms with Gasteiger partial charge in [-0.15, -0.1) is 0 Å². The van der Waals surface area contributed by atoms with Gasteiger partial charge in [0.2, 0.25) is 5.91 Å². The van der Waals surface area contributed by atoms with Crippen molar-refractivity contribution in [1.82, 2.24) is 43.8 Å². The van der Waals surface area contributed by atoms with Crippen molar-refractivity contribution in [2.45, 2.75) is 58.4 Å². The molecule has 1 aromatic carbocycles. The molecule has 0 saturated carbocycles. The largest absolute Gasteiger partial charge is 0.435 e. The zero-order valence-corrected chi connectivity index (χ0v) is 34.2. The summed E-state index contributed by atoms with van der Waals surface area (Å²) in [6.07, 6.45) is 0.929. The summed E-state index contributed by atoms with van der Waals surface area (Å²) in [5, 5.41) is 11.1. The topological polar surface area (TPSA) is 136 Å². The van der Waals surface area contributed by atoms with Crippen LogP contribution in [-0.4, -0.2) is 123 Å². The molecule has 4 aromatic rings. The molecule has 2 saturated heterocycles. The van der Waals surface area contributed by atoms with Crippen LogP contribution < -0.4 is 5.32 Å². The first-order valence-corrected chi connectivity index (χ1v) is 22.7. The average molecular weight is 817 g/mol. The third-order valence-corrected chi connectivity index (χ3v) is 12.2. The van der Waals surface area contributed by atoms with Crippen molar-refractivity contribution < 1.29 is 32.3 Å². The number of aromatic nitrogens is 6. The number of ether oxygens (including phenoxy) is 1. The summed E-state index contributed by atoms with van der Waals surface area (Å²) in [6.45, 7) is 12.6. The Morgan fingerprint density at radius 3 is 2.30 bits per heavy atom. The molecule has 0 atom stereocenters. The first kappa shape index (κ1) is 41.1. The monoisotopic (exact) mass is 816 g/mol. The van der Waals surface area contributed by atoms with Gasteiger partial charge in [0, 0.05) is 77.5 Å². The number of likely N-dealkylation sites (tertiary alicyclic amines) is 1. The molecule has 0 spiro atoms. The van der Waals surface area contributed by atoms with Crippen molar-refractivity contribution in [2.24, 2.45) is 13.0 Å². The van der Waals surface area contributed by atoms with Gasteiger partial charge in [0.15, 0.2) is 17.3 Å². The predicted molar refractivity (Wildman–Crippen MR) is 208 cm³/mol. The number of hydrogen-bond acceptors (Lipinski definition) is 8. The van der Waals surface area contributed by atoms with E-state index in [9.17, 15) is 27.6 Å². The summed E-state index contributed by atoms with van der Waals surface area (Å²) in [7, 11) is 2.19. The summed E-state index contributed by atoms with van der Waals surface area (Å²) in [6, 6.07) is 5.42. The Morgan fingerprint density at radius 2 is 1.66 bits per heavy atom. The van der Waals surface area contributed by atoms with E-state index in [1.807, 2.05) is 4.90 Å². The third kappa shape index (κ3) is 9.36. The SMILES string of the molecule is Cc1cn(COCC[Si](C)(C)C)nc1-n1cc(-c2cnc(C(=O)Nc3ccc(C(=O)N4CCN(C(=O)C5CCN(C)CC5)CC4)c(Cl)c3)n2C)c(C(F)(F)F)n1. The molecule has 56 heavy (non-hydrogen) atoms. The number of nitrogens with one attached hydrogen (secondary N) is 1. The minimum Gasteiger partial charge on any atom is -0.360 e. The van der Waals surface area contributed by atoms with Crippen LogP contribution in [0.2, 0.25) is 30.7 Å². The van der Waals surface area contributed by atoms with Gasteiger partial charge in [0.05, 0.1) is 28.0 Å². The van der Waals surface area contributed by atoms with Crippen molar-refractivity contribution in [3.05, 3.63) is 64.5 Å². The number of anilines is 1. The molecule has 19 heteroatoms. The van der Waals surface area contributed by atoms with Gasteiger partial charge < -0.3 is 29.3 Å². The Labute approximate surface area is 329 Å². The smallest absolute Gasteiger partial charge is 0.360 e. The first-order chi connectivity index (χ1) is 26.4. The fourth-order valence-electron chi connectivity index (χ4n) is 6.86. The van der Waals surface area contributed by atoms with Gasteiger partial charge in [-0.2, -0.15) is 23.4 Å². The van der Waals surface area contributed by atoms with Crippen LogP contribution in [0.25, 0.3) is 17.1 Å². The number of aryl methyl sites for hydroxylation is 1. The number of nitrogens with zero attached hydrogens (tertiary/aromatic N) is 9. The van der Waals surface area contributed by atoms with Crippen molar-refractivity contribution in [3.8, 4) is 17.1 Å². The molecule has 6 rings (SSSR count). The van der Waals surface area contributed by atoms with Crippen molar-refractivity contribution >= 4 is 43.1 Å². The number of carbonyl (C=O) groups excluding carboxylic acids is 3. The molecule has 0 aliphatic carbocycles. The second-order valence-corrected chi connectivity index (χ2v) is 21.8. The van der Waals surface area contributed by atoms with E-state index in [4.69, 9.17) is 16.3 Å². The highest BCUT2D eigenvalue weighted by Gasteiger charge is 2.39. The van der Waals surface area contributed by atoms with Crippen molar-refractivity contribution in [3.63, 3.8) is 0 Å². The molecule has 3 aromatic heterocycles.